The first kappa shape index (κ1) is 19.7. The fraction of sp³-hybridized carbons (Fsp3) is 0.471. The Morgan fingerprint density at radius 2 is 1.64 bits per heavy atom. The molecule has 0 radical (unpaired) electrons. The van der Waals surface area contributed by atoms with E-state index >= 15 is 0 Å². The molecule has 136 valence electrons. The van der Waals surface area contributed by atoms with Crippen LogP contribution in [0.1, 0.15) is 30.5 Å². The highest BCUT2D eigenvalue weighted by Gasteiger charge is 2.15. The zero-order valence-corrected chi connectivity index (χ0v) is 16.8. The van der Waals surface area contributed by atoms with Crippen LogP contribution in [0.5, 0.6) is 0 Å². The lowest BCUT2D eigenvalue weighted by molar-refractivity contribution is -0.127. The molecule has 2 aromatic rings. The summed E-state index contributed by atoms with van der Waals surface area (Å²) < 4.78 is 1.47. The lowest BCUT2D eigenvalue weighted by Gasteiger charge is -2.17. The highest BCUT2D eigenvalue weighted by molar-refractivity contribution is 8.00. The highest BCUT2D eigenvalue weighted by atomic mass is 32.2. The number of hydrogen-bond acceptors (Lipinski definition) is 6. The van der Waals surface area contributed by atoms with Crippen LogP contribution in [0.3, 0.4) is 0 Å². The number of aryl methyl sites for hydroxylation is 2. The number of nitrogens with two attached hydrogens (primary N) is 1. The van der Waals surface area contributed by atoms with Crippen molar-refractivity contribution in [1.29, 1.82) is 0 Å². The summed E-state index contributed by atoms with van der Waals surface area (Å²) in [6, 6.07) is 6.48. The molecular weight excluding hydrogens is 354 g/mol. The summed E-state index contributed by atoms with van der Waals surface area (Å²) in [5.41, 5.74) is 3.73. The number of nitrogen functional groups attached to an aromatic ring is 1. The molecule has 1 heterocycles. The van der Waals surface area contributed by atoms with Gasteiger partial charge >= 0.3 is 0 Å². The maximum Gasteiger partial charge on any atom is 0.233 e. The number of thioether (sulfide) groups is 2. The lowest BCUT2D eigenvalue weighted by Crippen LogP contribution is -2.32. The molecule has 1 aromatic heterocycles. The van der Waals surface area contributed by atoms with Crippen molar-refractivity contribution in [3.63, 3.8) is 0 Å². The van der Waals surface area contributed by atoms with Gasteiger partial charge in [-0.15, -0.1) is 10.2 Å². The Balaban J connectivity index is 1.95. The van der Waals surface area contributed by atoms with Gasteiger partial charge in [-0.25, -0.2) is 4.68 Å². The van der Waals surface area contributed by atoms with Gasteiger partial charge in [0.25, 0.3) is 0 Å². The second-order valence-corrected chi connectivity index (χ2v) is 7.66. The van der Waals surface area contributed by atoms with E-state index in [1.165, 1.54) is 33.1 Å². The first-order chi connectivity index (χ1) is 11.9. The van der Waals surface area contributed by atoms with Gasteiger partial charge in [-0.3, -0.25) is 4.79 Å². The molecule has 0 saturated heterocycles. The third-order valence-corrected chi connectivity index (χ3v) is 5.67. The summed E-state index contributed by atoms with van der Waals surface area (Å²) in [6.45, 7) is 9.55. The summed E-state index contributed by atoms with van der Waals surface area (Å²) in [4.78, 5) is 13.9. The summed E-state index contributed by atoms with van der Waals surface area (Å²) >= 11 is 2.87. The number of aromatic nitrogens is 3. The van der Waals surface area contributed by atoms with Gasteiger partial charge in [-0.2, -0.15) is 0 Å². The molecule has 0 aliphatic rings. The molecule has 8 heteroatoms. The third-order valence-electron chi connectivity index (χ3n) is 3.72. The molecule has 2 N–H and O–H groups in total. The number of rotatable bonds is 8. The van der Waals surface area contributed by atoms with E-state index in [0.717, 1.165) is 5.75 Å². The summed E-state index contributed by atoms with van der Waals surface area (Å²) in [6.07, 6.45) is 0. The molecule has 0 atom stereocenters. The van der Waals surface area contributed by atoms with Crippen LogP contribution >= 0.6 is 23.5 Å². The Hall–Kier alpha value is -1.67. The molecule has 0 aliphatic carbocycles. The Labute approximate surface area is 157 Å². The van der Waals surface area contributed by atoms with Crippen LogP contribution in [0.25, 0.3) is 0 Å². The predicted octanol–water partition coefficient (Wildman–Crippen LogP) is 2.86. The number of carbonyl (C=O) groups is 1. The maximum absolute atomic E-state index is 12.1. The minimum atomic E-state index is 0.0856. The van der Waals surface area contributed by atoms with Crippen molar-refractivity contribution >= 4 is 29.4 Å². The van der Waals surface area contributed by atoms with E-state index in [0.29, 0.717) is 29.2 Å². The first-order valence-corrected chi connectivity index (χ1v) is 10.2. The predicted molar refractivity (Wildman–Crippen MR) is 104 cm³/mol. The van der Waals surface area contributed by atoms with Crippen LogP contribution in [-0.4, -0.2) is 44.5 Å². The fourth-order valence-electron chi connectivity index (χ4n) is 2.55. The van der Waals surface area contributed by atoms with Crippen molar-refractivity contribution in [1.82, 2.24) is 19.8 Å². The SMILES string of the molecule is CCN(CC)C(=O)CSc1nnc(SCc2cc(C)cc(C)c2)n1N. The van der Waals surface area contributed by atoms with Crippen molar-refractivity contribution in [3.05, 3.63) is 34.9 Å². The van der Waals surface area contributed by atoms with Crippen LogP contribution in [-0.2, 0) is 10.5 Å². The van der Waals surface area contributed by atoms with E-state index in [-0.39, 0.29) is 5.91 Å². The first-order valence-electron chi connectivity index (χ1n) is 8.25. The zero-order valence-electron chi connectivity index (χ0n) is 15.2. The van der Waals surface area contributed by atoms with Gasteiger partial charge in [-0.1, -0.05) is 52.8 Å². The minimum absolute atomic E-state index is 0.0856. The van der Waals surface area contributed by atoms with Crippen molar-refractivity contribution in [2.75, 3.05) is 24.7 Å². The maximum atomic E-state index is 12.1. The second kappa shape index (κ2) is 9.15. The average Bonchev–Trinajstić information content (AvgIpc) is 2.91. The van der Waals surface area contributed by atoms with Crippen molar-refractivity contribution in [3.8, 4) is 0 Å². The molecule has 25 heavy (non-hydrogen) atoms. The number of carbonyl (C=O) groups excluding carboxylic acids is 1. The Morgan fingerprint density at radius 1 is 1.08 bits per heavy atom. The smallest absolute Gasteiger partial charge is 0.233 e. The number of hydrogen-bond donors (Lipinski definition) is 1. The lowest BCUT2D eigenvalue weighted by atomic mass is 10.1. The summed E-state index contributed by atoms with van der Waals surface area (Å²) in [5.74, 6) is 7.26. The average molecular weight is 380 g/mol. The van der Waals surface area contributed by atoms with Gasteiger partial charge in [-0.05, 0) is 33.3 Å². The van der Waals surface area contributed by atoms with Gasteiger partial charge in [0.2, 0.25) is 16.2 Å². The zero-order chi connectivity index (χ0) is 18.4. The van der Waals surface area contributed by atoms with Gasteiger partial charge in [0.05, 0.1) is 5.75 Å². The Morgan fingerprint density at radius 3 is 2.20 bits per heavy atom. The van der Waals surface area contributed by atoms with E-state index in [1.807, 2.05) is 13.8 Å². The topological polar surface area (TPSA) is 77.0 Å². The van der Waals surface area contributed by atoms with Crippen LogP contribution in [0.2, 0.25) is 0 Å². The van der Waals surface area contributed by atoms with Crippen LogP contribution in [0.15, 0.2) is 28.5 Å². The quantitative estimate of drug-likeness (QED) is 0.561. The number of nitrogens with zero attached hydrogens (tertiary/aromatic N) is 4. The molecular formula is C17H25N5OS2. The molecule has 0 spiro atoms. The third kappa shape index (κ3) is 5.40. The van der Waals surface area contributed by atoms with Crippen molar-refractivity contribution in [2.24, 2.45) is 0 Å². The van der Waals surface area contributed by atoms with Crippen LogP contribution < -0.4 is 5.84 Å². The molecule has 0 fully saturated rings. The van der Waals surface area contributed by atoms with E-state index in [1.54, 1.807) is 16.7 Å². The second-order valence-electron chi connectivity index (χ2n) is 5.77. The van der Waals surface area contributed by atoms with E-state index in [4.69, 9.17) is 5.84 Å². The highest BCUT2D eigenvalue weighted by Crippen LogP contribution is 2.24. The minimum Gasteiger partial charge on any atom is -0.343 e. The van der Waals surface area contributed by atoms with E-state index in [2.05, 4.69) is 42.2 Å². The monoisotopic (exact) mass is 379 g/mol. The Kier molecular flexibility index (Phi) is 7.19. The van der Waals surface area contributed by atoms with Gasteiger partial charge < -0.3 is 10.7 Å². The molecule has 6 nitrogen and oxygen atoms in total. The molecule has 1 aromatic carbocycles. The largest absolute Gasteiger partial charge is 0.343 e. The number of benzene rings is 1. The summed E-state index contributed by atoms with van der Waals surface area (Å²) in [5, 5.41) is 9.46. The molecule has 0 bridgehead atoms. The van der Waals surface area contributed by atoms with E-state index < -0.39 is 0 Å². The summed E-state index contributed by atoms with van der Waals surface area (Å²) in [7, 11) is 0. The fourth-order valence-corrected chi connectivity index (χ4v) is 4.16. The molecule has 0 unspecified atom stereocenters. The molecule has 0 aliphatic heterocycles. The standard InChI is InChI=1S/C17H25N5OS2/c1-5-21(6-2)15(23)11-25-17-20-19-16(22(17)18)24-10-14-8-12(3)7-13(4)9-14/h7-9H,5-6,10-11,18H2,1-4H3. The number of amides is 1. The van der Waals surface area contributed by atoms with Crippen molar-refractivity contribution in [2.45, 2.75) is 43.8 Å². The van der Waals surface area contributed by atoms with Gasteiger partial charge in [0.1, 0.15) is 0 Å². The van der Waals surface area contributed by atoms with Crippen LogP contribution in [0, 0.1) is 13.8 Å². The molecule has 1 amide bonds. The molecule has 2 rings (SSSR count). The van der Waals surface area contributed by atoms with Gasteiger partial charge in [0, 0.05) is 18.8 Å². The van der Waals surface area contributed by atoms with Crippen LogP contribution in [0.4, 0.5) is 0 Å². The Bertz CT molecular complexity index is 708. The molecule has 0 saturated carbocycles. The van der Waals surface area contributed by atoms with Crippen molar-refractivity contribution < 1.29 is 4.79 Å². The van der Waals surface area contributed by atoms with Gasteiger partial charge in [0.15, 0.2) is 0 Å². The van der Waals surface area contributed by atoms with E-state index in [9.17, 15) is 4.79 Å². The normalized spacial score (nSPS) is 10.9.